The number of anilines is 1. The monoisotopic (exact) mass is 348 g/mol. The summed E-state index contributed by atoms with van der Waals surface area (Å²) >= 11 is 2.06. The Bertz CT molecular complexity index is 423. The van der Waals surface area contributed by atoms with E-state index < -0.39 is 17.9 Å². The number of carbonyl (C=O) groups is 2. The van der Waals surface area contributed by atoms with Crippen LogP contribution in [-0.4, -0.2) is 29.6 Å². The van der Waals surface area contributed by atoms with E-state index in [9.17, 15) is 9.59 Å². The zero-order valence-electron chi connectivity index (χ0n) is 9.24. The molecular weight excluding hydrogens is 335 g/mol. The smallest absolute Gasteiger partial charge is 0.313 e. The summed E-state index contributed by atoms with van der Waals surface area (Å²) < 4.78 is 0.849. The number of carbonyl (C=O) groups excluding carboxylic acids is 2. The van der Waals surface area contributed by atoms with Gasteiger partial charge in [0.2, 0.25) is 0 Å². The molecule has 0 radical (unpaired) electrons. The standard InChI is InChI=1S/C11H13IN2O3/c1-7(6-15)13-10(16)11(17)14-9-5-3-2-4-8(9)12/h2-5,7,15H,6H2,1H3,(H,13,16)(H,14,17). The first-order valence-corrected chi connectivity index (χ1v) is 6.09. The lowest BCUT2D eigenvalue weighted by Gasteiger charge is -2.11. The molecule has 17 heavy (non-hydrogen) atoms. The summed E-state index contributed by atoms with van der Waals surface area (Å²) in [6.07, 6.45) is 0. The van der Waals surface area contributed by atoms with Gasteiger partial charge in [-0.25, -0.2) is 0 Å². The van der Waals surface area contributed by atoms with Gasteiger partial charge < -0.3 is 15.7 Å². The van der Waals surface area contributed by atoms with Gasteiger partial charge in [-0.2, -0.15) is 0 Å². The number of amides is 2. The molecule has 0 bridgehead atoms. The quantitative estimate of drug-likeness (QED) is 0.557. The Morgan fingerprint density at radius 3 is 2.59 bits per heavy atom. The fraction of sp³-hybridized carbons (Fsp3) is 0.273. The summed E-state index contributed by atoms with van der Waals surface area (Å²) in [7, 11) is 0. The maximum atomic E-state index is 11.5. The molecule has 0 saturated heterocycles. The summed E-state index contributed by atoms with van der Waals surface area (Å²) in [6, 6.07) is 6.70. The molecule has 1 rings (SSSR count). The van der Waals surface area contributed by atoms with Crippen LogP contribution in [0.3, 0.4) is 0 Å². The number of benzene rings is 1. The largest absolute Gasteiger partial charge is 0.394 e. The maximum absolute atomic E-state index is 11.5. The Hall–Kier alpha value is -1.15. The predicted octanol–water partition coefficient (Wildman–Crippen LogP) is 0.727. The molecule has 0 aromatic heterocycles. The fourth-order valence-corrected chi connectivity index (χ4v) is 1.60. The highest BCUT2D eigenvalue weighted by molar-refractivity contribution is 14.1. The first-order chi connectivity index (χ1) is 8.04. The van der Waals surface area contributed by atoms with E-state index in [-0.39, 0.29) is 6.61 Å². The summed E-state index contributed by atoms with van der Waals surface area (Å²) in [4.78, 5) is 22.9. The number of aliphatic hydroxyl groups excluding tert-OH is 1. The van der Waals surface area contributed by atoms with Crippen molar-refractivity contribution >= 4 is 40.1 Å². The van der Waals surface area contributed by atoms with E-state index in [0.29, 0.717) is 5.69 Å². The number of rotatable bonds is 3. The van der Waals surface area contributed by atoms with E-state index in [1.165, 1.54) is 0 Å². The van der Waals surface area contributed by atoms with Crippen LogP contribution in [0.5, 0.6) is 0 Å². The van der Waals surface area contributed by atoms with Crippen LogP contribution in [0.1, 0.15) is 6.92 Å². The van der Waals surface area contributed by atoms with Crippen molar-refractivity contribution < 1.29 is 14.7 Å². The molecular formula is C11H13IN2O3. The van der Waals surface area contributed by atoms with Crippen molar-refractivity contribution in [3.63, 3.8) is 0 Å². The van der Waals surface area contributed by atoms with E-state index in [4.69, 9.17) is 5.11 Å². The highest BCUT2D eigenvalue weighted by atomic mass is 127. The van der Waals surface area contributed by atoms with Crippen LogP contribution < -0.4 is 10.6 Å². The SMILES string of the molecule is CC(CO)NC(=O)C(=O)Nc1ccccc1I. The summed E-state index contributed by atoms with van der Waals surface area (Å²) in [5.74, 6) is -1.50. The van der Waals surface area contributed by atoms with Gasteiger partial charge in [0.25, 0.3) is 0 Å². The average molecular weight is 348 g/mol. The van der Waals surface area contributed by atoms with E-state index in [1.807, 2.05) is 12.1 Å². The number of nitrogens with one attached hydrogen (secondary N) is 2. The van der Waals surface area contributed by atoms with Crippen molar-refractivity contribution in [2.75, 3.05) is 11.9 Å². The predicted molar refractivity (Wildman–Crippen MR) is 72.5 cm³/mol. The molecule has 1 atom stereocenters. The van der Waals surface area contributed by atoms with Crippen molar-refractivity contribution in [2.24, 2.45) is 0 Å². The van der Waals surface area contributed by atoms with E-state index in [1.54, 1.807) is 19.1 Å². The van der Waals surface area contributed by atoms with Gasteiger partial charge in [-0.3, -0.25) is 9.59 Å². The van der Waals surface area contributed by atoms with Gasteiger partial charge in [-0.05, 0) is 41.6 Å². The molecule has 0 heterocycles. The van der Waals surface area contributed by atoms with Gasteiger partial charge in [0.15, 0.2) is 0 Å². The average Bonchev–Trinajstić information content (AvgIpc) is 2.31. The molecule has 0 saturated carbocycles. The lowest BCUT2D eigenvalue weighted by Crippen LogP contribution is -2.42. The third-order valence-corrected chi connectivity index (χ3v) is 2.92. The van der Waals surface area contributed by atoms with Gasteiger partial charge in [0.05, 0.1) is 12.3 Å². The molecule has 5 nitrogen and oxygen atoms in total. The normalized spacial score (nSPS) is 11.7. The molecule has 3 N–H and O–H groups in total. The molecule has 0 aliphatic rings. The Morgan fingerprint density at radius 1 is 1.35 bits per heavy atom. The Labute approximate surface area is 113 Å². The highest BCUT2D eigenvalue weighted by Gasteiger charge is 2.16. The van der Waals surface area contributed by atoms with E-state index in [0.717, 1.165) is 3.57 Å². The molecule has 6 heteroatoms. The third-order valence-electron chi connectivity index (χ3n) is 1.98. The van der Waals surface area contributed by atoms with Gasteiger partial charge in [0.1, 0.15) is 0 Å². The second-order valence-electron chi connectivity index (χ2n) is 3.49. The van der Waals surface area contributed by atoms with Crippen LogP contribution in [0.2, 0.25) is 0 Å². The topological polar surface area (TPSA) is 78.4 Å². The van der Waals surface area contributed by atoms with Crippen molar-refractivity contribution in [1.29, 1.82) is 0 Å². The molecule has 0 aliphatic heterocycles. The minimum Gasteiger partial charge on any atom is -0.394 e. The van der Waals surface area contributed by atoms with Crippen LogP contribution in [0.4, 0.5) is 5.69 Å². The molecule has 1 aromatic rings. The number of hydrogen-bond acceptors (Lipinski definition) is 3. The first-order valence-electron chi connectivity index (χ1n) is 5.02. The zero-order chi connectivity index (χ0) is 12.8. The van der Waals surface area contributed by atoms with Crippen LogP contribution in [0.25, 0.3) is 0 Å². The third kappa shape index (κ3) is 4.31. The lowest BCUT2D eigenvalue weighted by molar-refractivity contribution is -0.136. The molecule has 1 unspecified atom stereocenters. The highest BCUT2D eigenvalue weighted by Crippen LogP contribution is 2.16. The van der Waals surface area contributed by atoms with Gasteiger partial charge in [0, 0.05) is 9.61 Å². The van der Waals surface area contributed by atoms with Crippen molar-refractivity contribution in [2.45, 2.75) is 13.0 Å². The van der Waals surface area contributed by atoms with Crippen LogP contribution >= 0.6 is 22.6 Å². The van der Waals surface area contributed by atoms with E-state index >= 15 is 0 Å². The summed E-state index contributed by atoms with van der Waals surface area (Å²) in [6.45, 7) is 1.40. The lowest BCUT2D eigenvalue weighted by atomic mass is 10.3. The van der Waals surface area contributed by atoms with Gasteiger partial charge >= 0.3 is 11.8 Å². The molecule has 2 amide bonds. The van der Waals surface area contributed by atoms with Gasteiger partial charge in [-0.15, -0.1) is 0 Å². The van der Waals surface area contributed by atoms with Crippen LogP contribution in [0.15, 0.2) is 24.3 Å². The Kier molecular flexibility index (Phi) is 5.36. The van der Waals surface area contributed by atoms with Gasteiger partial charge in [-0.1, -0.05) is 12.1 Å². The molecule has 0 fully saturated rings. The maximum Gasteiger partial charge on any atom is 0.313 e. The summed E-state index contributed by atoms with van der Waals surface area (Å²) in [5.41, 5.74) is 0.588. The molecule has 0 aliphatic carbocycles. The molecule has 1 aromatic carbocycles. The van der Waals surface area contributed by atoms with Crippen LogP contribution in [-0.2, 0) is 9.59 Å². The number of halogens is 1. The fourth-order valence-electron chi connectivity index (χ4n) is 1.08. The minimum atomic E-state index is -0.758. The summed E-state index contributed by atoms with van der Waals surface area (Å²) in [5, 5.41) is 13.6. The van der Waals surface area contributed by atoms with Crippen molar-refractivity contribution in [3.05, 3.63) is 27.8 Å². The van der Waals surface area contributed by atoms with E-state index in [2.05, 4.69) is 33.2 Å². The van der Waals surface area contributed by atoms with Crippen molar-refractivity contribution in [1.82, 2.24) is 5.32 Å². The molecule has 0 spiro atoms. The second-order valence-corrected chi connectivity index (χ2v) is 4.65. The first kappa shape index (κ1) is 13.9. The zero-order valence-corrected chi connectivity index (χ0v) is 11.4. The van der Waals surface area contributed by atoms with Crippen LogP contribution in [0, 0.1) is 3.57 Å². The Morgan fingerprint density at radius 2 is 2.00 bits per heavy atom. The van der Waals surface area contributed by atoms with Crippen molar-refractivity contribution in [3.8, 4) is 0 Å². The minimum absolute atomic E-state index is 0.206. The second kappa shape index (κ2) is 6.55. The number of aliphatic hydroxyl groups is 1. The number of para-hydroxylation sites is 1. The Balaban J connectivity index is 2.61. The number of hydrogen-bond donors (Lipinski definition) is 3. The molecule has 92 valence electrons.